The van der Waals surface area contributed by atoms with E-state index in [0.717, 1.165) is 10.8 Å². The topological polar surface area (TPSA) is 80.7 Å². The van der Waals surface area contributed by atoms with Crippen molar-refractivity contribution in [1.29, 1.82) is 0 Å². The fourth-order valence-electron chi connectivity index (χ4n) is 3.20. The van der Waals surface area contributed by atoms with Crippen molar-refractivity contribution in [2.45, 2.75) is 61.4 Å². The van der Waals surface area contributed by atoms with Crippen LogP contribution in [0.4, 0.5) is 0 Å². The number of ether oxygens (including phenoxy) is 1. The lowest BCUT2D eigenvalue weighted by Gasteiger charge is -2.25. The Hall–Kier alpha value is -1.92. The third-order valence-corrected chi connectivity index (χ3v) is 7.32. The number of benzene rings is 2. The highest BCUT2D eigenvalue weighted by Gasteiger charge is 2.60. The number of aliphatic hydroxyl groups excluding tert-OH is 1. The van der Waals surface area contributed by atoms with Crippen molar-refractivity contribution in [3.8, 4) is 0 Å². The molecule has 1 fully saturated rings. The first-order valence-electron chi connectivity index (χ1n) is 8.69. The first-order chi connectivity index (χ1) is 12.1. The SMILES string of the molecule is CC(C)(C)OC(=O)CC(O)C1(S(=O)(=O)c2ccc3ccccc3c2)CC1. The maximum Gasteiger partial charge on any atom is 0.308 e. The quantitative estimate of drug-likeness (QED) is 0.810. The van der Waals surface area contributed by atoms with Crippen LogP contribution in [0.3, 0.4) is 0 Å². The van der Waals surface area contributed by atoms with E-state index in [4.69, 9.17) is 4.74 Å². The van der Waals surface area contributed by atoms with Crippen molar-refractivity contribution in [3.05, 3.63) is 42.5 Å². The predicted octanol–water partition coefficient (Wildman–Crippen LogP) is 3.24. The highest BCUT2D eigenvalue weighted by molar-refractivity contribution is 7.93. The minimum absolute atomic E-state index is 0.178. The second-order valence-corrected chi connectivity index (χ2v) is 10.2. The second kappa shape index (κ2) is 6.35. The lowest BCUT2D eigenvalue weighted by molar-refractivity contribution is -0.157. The minimum Gasteiger partial charge on any atom is -0.460 e. The Morgan fingerprint density at radius 2 is 1.77 bits per heavy atom. The standard InChI is InChI=1S/C20H24O5S/c1-19(2,3)25-18(22)13-17(21)20(10-11-20)26(23,24)16-9-8-14-6-4-5-7-15(14)12-16/h4-9,12,17,21H,10-11,13H2,1-3H3. The highest BCUT2D eigenvalue weighted by Crippen LogP contribution is 2.50. The Balaban J connectivity index is 1.86. The van der Waals surface area contributed by atoms with Gasteiger partial charge in [-0.3, -0.25) is 4.79 Å². The fraction of sp³-hybridized carbons (Fsp3) is 0.450. The van der Waals surface area contributed by atoms with Crippen molar-refractivity contribution in [2.24, 2.45) is 0 Å². The number of hydrogen-bond acceptors (Lipinski definition) is 5. The van der Waals surface area contributed by atoms with Gasteiger partial charge in [-0.1, -0.05) is 30.3 Å². The summed E-state index contributed by atoms with van der Waals surface area (Å²) in [5.41, 5.74) is -0.676. The summed E-state index contributed by atoms with van der Waals surface area (Å²) in [7, 11) is -3.77. The third-order valence-electron chi connectivity index (χ3n) is 4.70. The molecule has 0 heterocycles. The van der Waals surface area contributed by atoms with E-state index in [-0.39, 0.29) is 11.3 Å². The number of fused-ring (bicyclic) bond motifs is 1. The van der Waals surface area contributed by atoms with E-state index in [1.165, 1.54) is 0 Å². The van der Waals surface area contributed by atoms with E-state index < -0.39 is 32.3 Å². The van der Waals surface area contributed by atoms with Crippen molar-refractivity contribution in [1.82, 2.24) is 0 Å². The molecule has 1 N–H and O–H groups in total. The summed E-state index contributed by atoms with van der Waals surface area (Å²) in [4.78, 5) is 12.2. The largest absolute Gasteiger partial charge is 0.460 e. The van der Waals surface area contributed by atoms with Gasteiger partial charge in [-0.15, -0.1) is 0 Å². The molecule has 2 aromatic carbocycles. The van der Waals surface area contributed by atoms with Crippen LogP contribution in [0.2, 0.25) is 0 Å². The number of carbonyl (C=O) groups excluding carboxylic acids is 1. The van der Waals surface area contributed by atoms with Crippen LogP contribution in [0.15, 0.2) is 47.4 Å². The van der Waals surface area contributed by atoms with Gasteiger partial charge in [0.25, 0.3) is 0 Å². The lowest BCUT2D eigenvalue weighted by atomic mass is 10.1. The maximum absolute atomic E-state index is 13.2. The molecule has 1 unspecified atom stereocenters. The number of rotatable bonds is 5. The van der Waals surface area contributed by atoms with Crippen LogP contribution in [-0.4, -0.2) is 35.9 Å². The number of sulfone groups is 1. The fourth-order valence-corrected chi connectivity index (χ4v) is 5.28. The zero-order valence-electron chi connectivity index (χ0n) is 15.2. The normalized spacial score (nSPS) is 17.7. The zero-order chi connectivity index (χ0) is 19.2. The van der Waals surface area contributed by atoms with Gasteiger partial charge in [0, 0.05) is 0 Å². The molecule has 1 atom stereocenters. The summed E-state index contributed by atoms with van der Waals surface area (Å²) in [6.45, 7) is 5.20. The monoisotopic (exact) mass is 376 g/mol. The Labute approximate surface area is 153 Å². The first-order valence-corrected chi connectivity index (χ1v) is 10.2. The summed E-state index contributed by atoms with van der Waals surface area (Å²) in [5, 5.41) is 12.3. The summed E-state index contributed by atoms with van der Waals surface area (Å²) in [6.07, 6.45) is -0.934. The van der Waals surface area contributed by atoms with Crippen molar-refractivity contribution >= 4 is 26.6 Å². The molecule has 26 heavy (non-hydrogen) atoms. The molecule has 3 rings (SSSR count). The minimum atomic E-state index is -3.77. The molecule has 0 radical (unpaired) electrons. The van der Waals surface area contributed by atoms with Gasteiger partial charge in [0.15, 0.2) is 9.84 Å². The van der Waals surface area contributed by atoms with Crippen LogP contribution in [0.5, 0.6) is 0 Å². The molecular formula is C20H24O5S. The van der Waals surface area contributed by atoms with Gasteiger partial charge in [-0.25, -0.2) is 8.42 Å². The lowest BCUT2D eigenvalue weighted by Crippen LogP contribution is -2.39. The molecule has 0 aromatic heterocycles. The van der Waals surface area contributed by atoms with E-state index in [1.807, 2.05) is 24.3 Å². The van der Waals surface area contributed by atoms with Crippen LogP contribution >= 0.6 is 0 Å². The van der Waals surface area contributed by atoms with Gasteiger partial charge in [0.2, 0.25) is 0 Å². The molecule has 1 aliphatic rings. The van der Waals surface area contributed by atoms with Gasteiger partial charge >= 0.3 is 5.97 Å². The molecule has 0 bridgehead atoms. The molecule has 0 aliphatic heterocycles. The molecular weight excluding hydrogens is 352 g/mol. The zero-order valence-corrected chi connectivity index (χ0v) is 16.0. The number of esters is 1. The molecule has 1 saturated carbocycles. The Bertz CT molecular complexity index is 936. The summed E-state index contributed by atoms with van der Waals surface area (Å²) >= 11 is 0. The van der Waals surface area contributed by atoms with E-state index in [2.05, 4.69) is 0 Å². The van der Waals surface area contributed by atoms with Gasteiger partial charge < -0.3 is 9.84 Å². The number of hydrogen-bond donors (Lipinski definition) is 1. The van der Waals surface area contributed by atoms with Crippen LogP contribution in [0.1, 0.15) is 40.0 Å². The van der Waals surface area contributed by atoms with Gasteiger partial charge in [0.05, 0.1) is 17.4 Å². The van der Waals surface area contributed by atoms with E-state index in [9.17, 15) is 18.3 Å². The van der Waals surface area contributed by atoms with Crippen molar-refractivity contribution in [3.63, 3.8) is 0 Å². The first kappa shape index (κ1) is 18.9. The van der Waals surface area contributed by atoms with Gasteiger partial charge in [0.1, 0.15) is 10.3 Å². The summed E-state index contributed by atoms with van der Waals surface area (Å²) in [6, 6.07) is 12.5. The molecule has 140 valence electrons. The Morgan fingerprint density at radius 1 is 1.15 bits per heavy atom. The van der Waals surface area contributed by atoms with E-state index in [1.54, 1.807) is 39.0 Å². The Kier molecular flexibility index (Phi) is 4.61. The van der Waals surface area contributed by atoms with Crippen LogP contribution < -0.4 is 0 Å². The second-order valence-electron chi connectivity index (χ2n) is 7.88. The molecule has 0 saturated heterocycles. The van der Waals surface area contributed by atoms with Crippen molar-refractivity contribution < 1.29 is 23.1 Å². The summed E-state index contributed by atoms with van der Waals surface area (Å²) in [5.74, 6) is -0.593. The molecule has 1 aliphatic carbocycles. The predicted molar refractivity (Wildman–Crippen MR) is 99.6 cm³/mol. The molecule has 0 spiro atoms. The third kappa shape index (κ3) is 3.48. The molecule has 5 nitrogen and oxygen atoms in total. The van der Waals surface area contributed by atoms with Crippen LogP contribution in [0.25, 0.3) is 10.8 Å². The Morgan fingerprint density at radius 3 is 2.35 bits per heavy atom. The van der Waals surface area contributed by atoms with Gasteiger partial charge in [-0.05, 0) is 56.5 Å². The van der Waals surface area contributed by atoms with E-state index >= 15 is 0 Å². The average Bonchev–Trinajstić information content (AvgIpc) is 3.34. The number of aliphatic hydroxyl groups is 1. The molecule has 6 heteroatoms. The molecule has 2 aromatic rings. The maximum atomic E-state index is 13.2. The number of carbonyl (C=O) groups is 1. The summed E-state index contributed by atoms with van der Waals surface area (Å²) < 4.78 is 30.2. The van der Waals surface area contributed by atoms with Crippen molar-refractivity contribution in [2.75, 3.05) is 0 Å². The molecule has 0 amide bonds. The van der Waals surface area contributed by atoms with Crippen LogP contribution in [0, 0.1) is 0 Å². The van der Waals surface area contributed by atoms with Gasteiger partial charge in [-0.2, -0.15) is 0 Å². The van der Waals surface area contributed by atoms with E-state index in [0.29, 0.717) is 12.8 Å². The highest BCUT2D eigenvalue weighted by atomic mass is 32.2. The smallest absolute Gasteiger partial charge is 0.308 e. The average molecular weight is 376 g/mol. The van der Waals surface area contributed by atoms with Crippen LogP contribution in [-0.2, 0) is 19.4 Å².